The summed E-state index contributed by atoms with van der Waals surface area (Å²) in [6.45, 7) is 3.79. The molecule has 0 aliphatic carbocycles. The maximum Gasteiger partial charge on any atom is 0.240 e. The molecular weight excluding hydrogens is 446 g/mol. The van der Waals surface area contributed by atoms with Crippen LogP contribution in [0.2, 0.25) is 0 Å². The van der Waals surface area contributed by atoms with Gasteiger partial charge in [0, 0.05) is 57.5 Å². The van der Waals surface area contributed by atoms with Crippen molar-refractivity contribution in [3.63, 3.8) is 0 Å². The fourth-order valence-corrected chi connectivity index (χ4v) is 5.64. The number of piperidine rings is 2. The first-order chi connectivity index (χ1) is 15.9. The van der Waals surface area contributed by atoms with Gasteiger partial charge in [-0.15, -0.1) is 0 Å². The number of benzene rings is 1. The zero-order valence-corrected chi connectivity index (χ0v) is 19.8. The lowest BCUT2D eigenvalue weighted by Crippen LogP contribution is -2.46. The van der Waals surface area contributed by atoms with Gasteiger partial charge < -0.3 is 19.3 Å². The Hall–Kier alpha value is -2.33. The van der Waals surface area contributed by atoms with E-state index in [1.54, 1.807) is 11.0 Å². The van der Waals surface area contributed by atoms with Gasteiger partial charge in [0.1, 0.15) is 0 Å². The summed E-state index contributed by atoms with van der Waals surface area (Å²) >= 11 is 0. The Balaban J connectivity index is 1.23. The summed E-state index contributed by atoms with van der Waals surface area (Å²) < 4.78 is 38.9. The zero-order valence-electron chi connectivity index (χ0n) is 19.0. The Kier molecular flexibility index (Phi) is 7.75. The SMILES string of the molecule is O=C(CCNS(=O)(=O)c1ccc2c(c1)OCCCO2)N1CCC(C(=O)N2CCCCC2)CC1. The van der Waals surface area contributed by atoms with E-state index in [4.69, 9.17) is 9.47 Å². The Morgan fingerprint density at radius 2 is 1.61 bits per heavy atom. The quantitative estimate of drug-likeness (QED) is 0.667. The van der Waals surface area contributed by atoms with E-state index >= 15 is 0 Å². The van der Waals surface area contributed by atoms with Crippen molar-refractivity contribution in [1.29, 1.82) is 0 Å². The highest BCUT2D eigenvalue weighted by atomic mass is 32.2. The second-order valence-electron chi connectivity index (χ2n) is 8.85. The molecular formula is C23H33N3O6S. The van der Waals surface area contributed by atoms with E-state index < -0.39 is 10.0 Å². The van der Waals surface area contributed by atoms with Gasteiger partial charge in [-0.1, -0.05) is 0 Å². The summed E-state index contributed by atoms with van der Waals surface area (Å²) in [5.74, 6) is 1.06. The standard InChI is InChI=1S/C23H33N3O6S/c27-22(25-13-8-18(9-14-25)23(28)26-11-2-1-3-12-26)7-10-24-33(29,30)19-5-6-20-21(17-19)32-16-4-15-31-20/h5-6,17-18,24H,1-4,7-16H2. The number of sulfonamides is 1. The molecule has 0 spiro atoms. The highest BCUT2D eigenvalue weighted by Crippen LogP contribution is 2.31. The van der Waals surface area contributed by atoms with E-state index in [-0.39, 0.29) is 35.6 Å². The largest absolute Gasteiger partial charge is 0.490 e. The van der Waals surface area contributed by atoms with Crippen molar-refractivity contribution in [3.8, 4) is 11.5 Å². The van der Waals surface area contributed by atoms with Crippen molar-refractivity contribution in [3.05, 3.63) is 18.2 Å². The zero-order chi connectivity index (χ0) is 23.3. The maximum absolute atomic E-state index is 12.7. The molecule has 0 saturated carbocycles. The van der Waals surface area contributed by atoms with Crippen LogP contribution >= 0.6 is 0 Å². The number of nitrogens with one attached hydrogen (secondary N) is 1. The predicted molar refractivity (Wildman–Crippen MR) is 122 cm³/mol. The van der Waals surface area contributed by atoms with Crippen molar-refractivity contribution in [1.82, 2.24) is 14.5 Å². The maximum atomic E-state index is 12.7. The van der Waals surface area contributed by atoms with Gasteiger partial charge in [-0.25, -0.2) is 13.1 Å². The van der Waals surface area contributed by atoms with E-state index in [2.05, 4.69) is 4.72 Å². The number of ether oxygens (including phenoxy) is 2. The molecule has 0 radical (unpaired) electrons. The molecule has 33 heavy (non-hydrogen) atoms. The van der Waals surface area contributed by atoms with Crippen LogP contribution in [0.15, 0.2) is 23.1 Å². The monoisotopic (exact) mass is 479 g/mol. The summed E-state index contributed by atoms with van der Waals surface area (Å²) in [5, 5.41) is 0. The highest BCUT2D eigenvalue weighted by Gasteiger charge is 2.30. The number of hydrogen-bond donors (Lipinski definition) is 1. The van der Waals surface area contributed by atoms with Crippen LogP contribution in [0.5, 0.6) is 11.5 Å². The van der Waals surface area contributed by atoms with E-state index in [0.717, 1.165) is 32.4 Å². The lowest BCUT2D eigenvalue weighted by molar-refractivity contribution is -0.141. The van der Waals surface area contributed by atoms with Gasteiger partial charge in [-0.2, -0.15) is 0 Å². The van der Waals surface area contributed by atoms with E-state index in [0.29, 0.717) is 50.6 Å². The molecule has 2 saturated heterocycles. The Bertz CT molecular complexity index is 953. The molecule has 0 bridgehead atoms. The molecule has 3 heterocycles. The van der Waals surface area contributed by atoms with Crippen molar-refractivity contribution >= 4 is 21.8 Å². The molecule has 182 valence electrons. The molecule has 0 atom stereocenters. The van der Waals surface area contributed by atoms with Gasteiger partial charge in [0.2, 0.25) is 21.8 Å². The van der Waals surface area contributed by atoms with Crippen LogP contribution in [0.1, 0.15) is 44.9 Å². The molecule has 4 rings (SSSR count). The molecule has 0 unspecified atom stereocenters. The lowest BCUT2D eigenvalue weighted by atomic mass is 9.94. The number of hydrogen-bond acceptors (Lipinski definition) is 6. The molecule has 1 N–H and O–H groups in total. The van der Waals surface area contributed by atoms with Crippen LogP contribution in [0.4, 0.5) is 0 Å². The number of amides is 2. The number of rotatable bonds is 6. The van der Waals surface area contributed by atoms with Crippen LogP contribution in [-0.4, -0.2) is 76.0 Å². The summed E-state index contributed by atoms with van der Waals surface area (Å²) in [4.78, 5) is 29.1. The van der Waals surface area contributed by atoms with E-state index in [9.17, 15) is 18.0 Å². The number of carbonyl (C=O) groups excluding carboxylic acids is 2. The first kappa shape index (κ1) is 23.8. The Morgan fingerprint density at radius 3 is 2.33 bits per heavy atom. The molecule has 1 aromatic carbocycles. The third-order valence-electron chi connectivity index (χ3n) is 6.52. The fourth-order valence-electron chi connectivity index (χ4n) is 4.59. The minimum Gasteiger partial charge on any atom is -0.490 e. The first-order valence-electron chi connectivity index (χ1n) is 11.9. The predicted octanol–water partition coefficient (Wildman–Crippen LogP) is 1.77. The van der Waals surface area contributed by atoms with Gasteiger partial charge in [-0.3, -0.25) is 9.59 Å². The van der Waals surface area contributed by atoms with Crippen LogP contribution in [-0.2, 0) is 19.6 Å². The molecule has 3 aliphatic heterocycles. The highest BCUT2D eigenvalue weighted by molar-refractivity contribution is 7.89. The van der Waals surface area contributed by atoms with Crippen LogP contribution < -0.4 is 14.2 Å². The summed E-state index contributed by atoms with van der Waals surface area (Å²) in [5.41, 5.74) is 0. The van der Waals surface area contributed by atoms with Gasteiger partial charge in [-0.05, 0) is 44.2 Å². The second kappa shape index (κ2) is 10.7. The summed E-state index contributed by atoms with van der Waals surface area (Å²) in [7, 11) is -3.77. The van der Waals surface area contributed by atoms with Gasteiger partial charge >= 0.3 is 0 Å². The van der Waals surface area contributed by atoms with E-state index in [1.165, 1.54) is 18.6 Å². The molecule has 2 fully saturated rings. The van der Waals surface area contributed by atoms with E-state index in [1.807, 2.05) is 4.90 Å². The first-order valence-corrected chi connectivity index (χ1v) is 13.4. The summed E-state index contributed by atoms with van der Waals surface area (Å²) in [6, 6.07) is 4.52. The van der Waals surface area contributed by atoms with Crippen molar-refractivity contribution in [2.24, 2.45) is 5.92 Å². The van der Waals surface area contributed by atoms with Crippen LogP contribution in [0.3, 0.4) is 0 Å². The van der Waals surface area contributed by atoms with Crippen LogP contribution in [0, 0.1) is 5.92 Å². The smallest absolute Gasteiger partial charge is 0.240 e. The molecule has 2 amide bonds. The number of carbonyl (C=O) groups is 2. The molecule has 0 aromatic heterocycles. The molecule has 9 nitrogen and oxygen atoms in total. The minimum absolute atomic E-state index is 0.00920. The van der Waals surface area contributed by atoms with Crippen LogP contribution in [0.25, 0.3) is 0 Å². The average Bonchev–Trinajstić information content (AvgIpc) is 3.09. The fraction of sp³-hybridized carbons (Fsp3) is 0.652. The average molecular weight is 480 g/mol. The number of likely N-dealkylation sites (tertiary alicyclic amines) is 2. The van der Waals surface area contributed by atoms with Crippen molar-refractivity contribution in [2.75, 3.05) is 45.9 Å². The van der Waals surface area contributed by atoms with Gasteiger partial charge in [0.05, 0.1) is 18.1 Å². The Morgan fingerprint density at radius 1 is 0.909 bits per heavy atom. The van der Waals surface area contributed by atoms with Gasteiger partial charge in [0.25, 0.3) is 0 Å². The normalized spacial score (nSPS) is 19.8. The topological polar surface area (TPSA) is 105 Å². The summed E-state index contributed by atoms with van der Waals surface area (Å²) in [6.07, 6.45) is 5.49. The second-order valence-corrected chi connectivity index (χ2v) is 10.6. The van der Waals surface area contributed by atoms with Crippen molar-refractivity contribution < 1.29 is 27.5 Å². The third-order valence-corrected chi connectivity index (χ3v) is 7.98. The number of nitrogens with zero attached hydrogens (tertiary/aromatic N) is 2. The third kappa shape index (κ3) is 5.97. The van der Waals surface area contributed by atoms with Crippen molar-refractivity contribution in [2.45, 2.75) is 49.8 Å². The number of fused-ring (bicyclic) bond motifs is 1. The molecule has 1 aromatic rings. The minimum atomic E-state index is -3.77. The molecule has 3 aliphatic rings. The lowest BCUT2D eigenvalue weighted by Gasteiger charge is -2.35. The Labute approximate surface area is 195 Å². The molecule has 10 heteroatoms. The van der Waals surface area contributed by atoms with Gasteiger partial charge in [0.15, 0.2) is 11.5 Å².